The molecule has 0 saturated carbocycles. The summed E-state index contributed by atoms with van der Waals surface area (Å²) in [5.74, 6) is -0.446. The molecule has 0 spiro atoms. The first-order valence-electron chi connectivity index (χ1n) is 8.93. The number of pyridine rings is 1. The van der Waals surface area contributed by atoms with Crippen LogP contribution in [0.2, 0.25) is 5.02 Å². The van der Waals surface area contributed by atoms with E-state index in [1.54, 1.807) is 30.6 Å². The SMILES string of the molecule is O=C(Cc1c(F)cccc1Cl)NCC1CCN(C(=O)c2cccnc2)CC1. The van der Waals surface area contributed by atoms with Gasteiger partial charge in [-0.2, -0.15) is 0 Å². The summed E-state index contributed by atoms with van der Waals surface area (Å²) in [6.07, 6.45) is 4.76. The van der Waals surface area contributed by atoms with Crippen LogP contribution in [0.1, 0.15) is 28.8 Å². The number of nitrogens with zero attached hydrogens (tertiary/aromatic N) is 2. The largest absolute Gasteiger partial charge is 0.356 e. The van der Waals surface area contributed by atoms with Gasteiger partial charge < -0.3 is 10.2 Å². The lowest BCUT2D eigenvalue weighted by atomic mass is 9.96. The minimum Gasteiger partial charge on any atom is -0.356 e. The Morgan fingerprint density at radius 1 is 1.22 bits per heavy atom. The highest BCUT2D eigenvalue weighted by molar-refractivity contribution is 6.31. The predicted octanol–water partition coefficient (Wildman–Crippen LogP) is 3.09. The Labute approximate surface area is 162 Å². The molecule has 2 amide bonds. The van der Waals surface area contributed by atoms with Gasteiger partial charge in [0.1, 0.15) is 5.82 Å². The maximum Gasteiger partial charge on any atom is 0.255 e. The summed E-state index contributed by atoms with van der Waals surface area (Å²) in [5.41, 5.74) is 0.805. The Hall–Kier alpha value is -2.47. The Balaban J connectivity index is 1.44. The molecule has 5 nitrogen and oxygen atoms in total. The zero-order valence-corrected chi connectivity index (χ0v) is 15.6. The van der Waals surface area contributed by atoms with Crippen LogP contribution < -0.4 is 5.32 Å². The molecule has 1 aliphatic heterocycles. The van der Waals surface area contributed by atoms with Crippen LogP contribution in [-0.2, 0) is 11.2 Å². The topological polar surface area (TPSA) is 62.3 Å². The minimum atomic E-state index is -0.472. The Kier molecular flexibility index (Phi) is 6.40. The summed E-state index contributed by atoms with van der Waals surface area (Å²) >= 11 is 5.96. The molecule has 1 aromatic heterocycles. The van der Waals surface area contributed by atoms with Crippen molar-refractivity contribution in [3.8, 4) is 0 Å². The average Bonchev–Trinajstić information content (AvgIpc) is 2.70. The number of likely N-dealkylation sites (tertiary alicyclic amines) is 1. The molecule has 27 heavy (non-hydrogen) atoms. The molecule has 1 aliphatic rings. The van der Waals surface area contributed by atoms with Crippen LogP contribution >= 0.6 is 11.6 Å². The van der Waals surface area contributed by atoms with E-state index in [4.69, 9.17) is 11.6 Å². The van der Waals surface area contributed by atoms with Crippen LogP contribution in [0.25, 0.3) is 0 Å². The molecule has 1 saturated heterocycles. The van der Waals surface area contributed by atoms with Gasteiger partial charge in [-0.15, -0.1) is 0 Å². The molecule has 142 valence electrons. The number of amides is 2. The number of halogens is 2. The normalized spacial score (nSPS) is 14.8. The van der Waals surface area contributed by atoms with E-state index in [2.05, 4.69) is 10.3 Å². The first kappa shape index (κ1) is 19.3. The quantitative estimate of drug-likeness (QED) is 0.854. The highest BCUT2D eigenvalue weighted by Crippen LogP contribution is 2.20. The van der Waals surface area contributed by atoms with Crippen LogP contribution in [0.3, 0.4) is 0 Å². The summed E-state index contributed by atoms with van der Waals surface area (Å²) in [5, 5.41) is 3.11. The van der Waals surface area contributed by atoms with E-state index < -0.39 is 5.82 Å². The predicted molar refractivity (Wildman–Crippen MR) is 101 cm³/mol. The third kappa shape index (κ3) is 5.04. The Morgan fingerprint density at radius 3 is 2.67 bits per heavy atom. The van der Waals surface area contributed by atoms with Crippen LogP contribution in [-0.4, -0.2) is 41.3 Å². The average molecular weight is 390 g/mol. The fourth-order valence-electron chi connectivity index (χ4n) is 3.19. The molecule has 2 aromatic rings. The monoisotopic (exact) mass is 389 g/mol. The molecule has 0 bridgehead atoms. The molecule has 0 radical (unpaired) electrons. The molecule has 7 heteroatoms. The standard InChI is InChI=1S/C20H21ClFN3O2/c21-17-4-1-5-18(22)16(17)11-19(26)24-12-14-6-9-25(10-7-14)20(27)15-3-2-8-23-13-15/h1-5,8,13-14H,6-7,9-12H2,(H,24,26). The summed E-state index contributed by atoms with van der Waals surface area (Å²) in [4.78, 5) is 30.3. The first-order chi connectivity index (χ1) is 13.0. The Bertz CT molecular complexity index is 788. The second-order valence-electron chi connectivity index (χ2n) is 6.66. The molecule has 3 rings (SSSR count). The zero-order chi connectivity index (χ0) is 19.2. The lowest BCUT2D eigenvalue weighted by molar-refractivity contribution is -0.120. The summed E-state index contributed by atoms with van der Waals surface area (Å²) < 4.78 is 13.8. The van der Waals surface area contributed by atoms with Crippen molar-refractivity contribution < 1.29 is 14.0 Å². The van der Waals surface area contributed by atoms with E-state index in [1.807, 2.05) is 4.90 Å². The molecule has 1 aromatic carbocycles. The van der Waals surface area contributed by atoms with E-state index in [0.29, 0.717) is 31.1 Å². The van der Waals surface area contributed by atoms with Crippen LogP contribution in [0, 0.1) is 11.7 Å². The summed E-state index contributed by atoms with van der Waals surface area (Å²) in [6.45, 7) is 1.81. The van der Waals surface area contributed by atoms with Gasteiger partial charge >= 0.3 is 0 Å². The number of nitrogens with one attached hydrogen (secondary N) is 1. The lowest BCUT2D eigenvalue weighted by Crippen LogP contribution is -2.41. The number of rotatable bonds is 5. The molecule has 0 atom stereocenters. The van der Waals surface area contributed by atoms with Crippen molar-refractivity contribution in [3.63, 3.8) is 0 Å². The van der Waals surface area contributed by atoms with Gasteiger partial charge in [0.05, 0.1) is 12.0 Å². The van der Waals surface area contributed by atoms with Crippen molar-refractivity contribution in [3.05, 3.63) is 64.7 Å². The number of benzene rings is 1. The van der Waals surface area contributed by atoms with Crippen molar-refractivity contribution in [2.75, 3.05) is 19.6 Å². The van der Waals surface area contributed by atoms with Gasteiger partial charge in [0.25, 0.3) is 5.91 Å². The molecule has 0 aliphatic carbocycles. The van der Waals surface area contributed by atoms with E-state index >= 15 is 0 Å². The van der Waals surface area contributed by atoms with Crippen LogP contribution in [0.4, 0.5) is 4.39 Å². The highest BCUT2D eigenvalue weighted by Gasteiger charge is 2.24. The van der Waals surface area contributed by atoms with Crippen LogP contribution in [0.15, 0.2) is 42.7 Å². The smallest absolute Gasteiger partial charge is 0.255 e. The fourth-order valence-corrected chi connectivity index (χ4v) is 3.42. The van der Waals surface area contributed by atoms with Crippen molar-refractivity contribution in [2.45, 2.75) is 19.3 Å². The van der Waals surface area contributed by atoms with Crippen molar-refractivity contribution in [1.29, 1.82) is 0 Å². The third-order valence-electron chi connectivity index (χ3n) is 4.80. The number of carbonyl (C=O) groups excluding carboxylic acids is 2. The van der Waals surface area contributed by atoms with Crippen molar-refractivity contribution in [1.82, 2.24) is 15.2 Å². The van der Waals surface area contributed by atoms with Gasteiger partial charge in [-0.1, -0.05) is 17.7 Å². The minimum absolute atomic E-state index is 0.0141. The van der Waals surface area contributed by atoms with Gasteiger partial charge in [0.2, 0.25) is 5.91 Å². The van der Waals surface area contributed by atoms with Gasteiger partial charge in [0, 0.05) is 42.6 Å². The third-order valence-corrected chi connectivity index (χ3v) is 5.15. The van der Waals surface area contributed by atoms with E-state index in [1.165, 1.54) is 12.1 Å². The van der Waals surface area contributed by atoms with E-state index in [-0.39, 0.29) is 28.8 Å². The van der Waals surface area contributed by atoms with Gasteiger partial charge in [-0.05, 0) is 43.0 Å². The molecule has 2 heterocycles. The zero-order valence-electron chi connectivity index (χ0n) is 14.8. The van der Waals surface area contributed by atoms with Gasteiger partial charge in [-0.25, -0.2) is 4.39 Å². The molecular weight excluding hydrogens is 369 g/mol. The van der Waals surface area contributed by atoms with Crippen LogP contribution in [0.5, 0.6) is 0 Å². The number of piperidine rings is 1. The maximum atomic E-state index is 13.8. The lowest BCUT2D eigenvalue weighted by Gasteiger charge is -2.32. The molecular formula is C20H21ClFN3O2. The highest BCUT2D eigenvalue weighted by atomic mass is 35.5. The van der Waals surface area contributed by atoms with Crippen molar-refractivity contribution in [2.24, 2.45) is 5.92 Å². The molecule has 1 N–H and O–H groups in total. The summed E-state index contributed by atoms with van der Waals surface area (Å²) in [7, 11) is 0. The number of carbonyl (C=O) groups is 2. The number of hydrogen-bond acceptors (Lipinski definition) is 3. The van der Waals surface area contributed by atoms with Gasteiger partial charge in [-0.3, -0.25) is 14.6 Å². The number of hydrogen-bond donors (Lipinski definition) is 1. The van der Waals surface area contributed by atoms with E-state index in [9.17, 15) is 14.0 Å². The maximum absolute atomic E-state index is 13.8. The van der Waals surface area contributed by atoms with Crippen molar-refractivity contribution >= 4 is 23.4 Å². The first-order valence-corrected chi connectivity index (χ1v) is 9.31. The fraction of sp³-hybridized carbons (Fsp3) is 0.350. The number of aromatic nitrogens is 1. The molecule has 1 fully saturated rings. The van der Waals surface area contributed by atoms with Gasteiger partial charge in [0.15, 0.2) is 0 Å². The second-order valence-corrected chi connectivity index (χ2v) is 7.07. The Morgan fingerprint density at radius 2 is 2.00 bits per heavy atom. The molecule has 0 unspecified atom stereocenters. The van der Waals surface area contributed by atoms with E-state index in [0.717, 1.165) is 12.8 Å². The summed E-state index contributed by atoms with van der Waals surface area (Å²) in [6, 6.07) is 7.89. The second kappa shape index (κ2) is 8.95.